The molecule has 0 rings (SSSR count). The lowest BCUT2D eigenvalue weighted by Crippen LogP contribution is -2.43. The third-order valence-corrected chi connectivity index (χ3v) is 1.66. The van der Waals surface area contributed by atoms with E-state index in [1.54, 1.807) is 5.32 Å². The van der Waals surface area contributed by atoms with Crippen molar-refractivity contribution >= 4 is 52.8 Å². The summed E-state index contributed by atoms with van der Waals surface area (Å²) in [5.41, 5.74) is 0. The van der Waals surface area contributed by atoms with Crippen LogP contribution in [0.15, 0.2) is 0 Å². The van der Waals surface area contributed by atoms with Gasteiger partial charge in [-0.05, 0) is 0 Å². The van der Waals surface area contributed by atoms with Crippen molar-refractivity contribution < 1.29 is 29.3 Å². The molecule has 0 fully saturated rings. The van der Waals surface area contributed by atoms with Crippen molar-refractivity contribution in [2.45, 2.75) is 16.3 Å². The molecule has 0 aliphatic heterocycles. The summed E-state index contributed by atoms with van der Waals surface area (Å²) in [5, 5.41) is 18.8. The van der Waals surface area contributed by atoms with E-state index < -0.39 is 40.9 Å². The monoisotopic (exact) mass is 307 g/mol. The summed E-state index contributed by atoms with van der Waals surface area (Å²) >= 11 is 15.8. The summed E-state index contributed by atoms with van der Waals surface area (Å²) in [4.78, 5) is 31.9. The number of aliphatic carboxylic acids is 2. The molecule has 0 radical (unpaired) electrons. The Labute approximate surface area is 111 Å². The highest BCUT2D eigenvalue weighted by atomic mass is 35.6. The quantitative estimate of drug-likeness (QED) is 0.653. The van der Waals surface area contributed by atoms with Gasteiger partial charge in [-0.2, -0.15) is 0 Å². The average molecular weight is 309 g/mol. The number of alkyl halides is 3. The molecule has 98 valence electrons. The number of carboxylic acids is 2. The van der Waals surface area contributed by atoms with Crippen LogP contribution >= 0.6 is 34.8 Å². The SMILES string of the molecule is O=C(O)CC(NC(=O)OCC(Cl)(Cl)Cl)C(=O)O. The van der Waals surface area contributed by atoms with Gasteiger partial charge in [-0.3, -0.25) is 4.79 Å². The Morgan fingerprint density at radius 3 is 2.12 bits per heavy atom. The number of carbonyl (C=O) groups is 3. The lowest BCUT2D eigenvalue weighted by Gasteiger charge is -2.15. The highest BCUT2D eigenvalue weighted by Gasteiger charge is 2.26. The molecule has 0 aliphatic carbocycles. The topological polar surface area (TPSA) is 113 Å². The summed E-state index contributed by atoms with van der Waals surface area (Å²) in [7, 11) is 0. The minimum Gasteiger partial charge on any atom is -0.481 e. The molecular formula is C7H8Cl3NO6. The van der Waals surface area contributed by atoms with Crippen molar-refractivity contribution in [3.63, 3.8) is 0 Å². The van der Waals surface area contributed by atoms with Crippen LogP contribution in [0.25, 0.3) is 0 Å². The van der Waals surface area contributed by atoms with Crippen LogP contribution in [0.5, 0.6) is 0 Å². The molecule has 0 bridgehead atoms. The fraction of sp³-hybridized carbons (Fsp3) is 0.571. The van der Waals surface area contributed by atoms with Crippen LogP contribution in [0, 0.1) is 0 Å². The van der Waals surface area contributed by atoms with Crippen molar-refractivity contribution in [3.05, 3.63) is 0 Å². The molecule has 1 unspecified atom stereocenters. The maximum absolute atomic E-state index is 11.0. The molecule has 0 aliphatic rings. The van der Waals surface area contributed by atoms with Gasteiger partial charge in [-0.1, -0.05) is 34.8 Å². The van der Waals surface area contributed by atoms with Gasteiger partial charge in [0, 0.05) is 0 Å². The number of nitrogens with one attached hydrogen (secondary N) is 1. The van der Waals surface area contributed by atoms with E-state index in [-0.39, 0.29) is 0 Å². The van der Waals surface area contributed by atoms with Crippen LogP contribution in [0.3, 0.4) is 0 Å². The van der Waals surface area contributed by atoms with E-state index in [2.05, 4.69) is 4.74 Å². The summed E-state index contributed by atoms with van der Waals surface area (Å²) < 4.78 is 2.54. The Morgan fingerprint density at radius 2 is 1.76 bits per heavy atom. The second kappa shape index (κ2) is 6.73. The highest BCUT2D eigenvalue weighted by molar-refractivity contribution is 6.67. The van der Waals surface area contributed by atoms with Crippen LogP contribution in [0.4, 0.5) is 4.79 Å². The molecule has 0 aromatic heterocycles. The molecule has 0 saturated carbocycles. The molecular weight excluding hydrogens is 300 g/mol. The molecule has 1 atom stereocenters. The molecule has 17 heavy (non-hydrogen) atoms. The Balaban J connectivity index is 4.22. The van der Waals surface area contributed by atoms with Crippen molar-refractivity contribution in [2.24, 2.45) is 0 Å². The average Bonchev–Trinajstić information content (AvgIpc) is 2.11. The Bertz CT molecular complexity index is 315. The number of alkyl carbamates (subject to hydrolysis) is 1. The molecule has 0 saturated heterocycles. The maximum atomic E-state index is 11.0. The van der Waals surface area contributed by atoms with Gasteiger partial charge in [0.15, 0.2) is 0 Å². The fourth-order valence-corrected chi connectivity index (χ4v) is 0.870. The molecule has 0 aromatic rings. The van der Waals surface area contributed by atoms with Gasteiger partial charge in [0.25, 0.3) is 0 Å². The third kappa shape index (κ3) is 8.84. The van der Waals surface area contributed by atoms with Crippen LogP contribution in [-0.4, -0.2) is 44.7 Å². The minimum absolute atomic E-state index is 0.594. The Morgan fingerprint density at radius 1 is 1.24 bits per heavy atom. The van der Waals surface area contributed by atoms with Crippen LogP contribution < -0.4 is 5.32 Å². The largest absolute Gasteiger partial charge is 0.481 e. The number of carbonyl (C=O) groups excluding carboxylic acids is 1. The number of carboxylic acid groups (broad SMARTS) is 2. The van der Waals surface area contributed by atoms with Crippen LogP contribution in [0.2, 0.25) is 0 Å². The highest BCUT2D eigenvalue weighted by Crippen LogP contribution is 2.25. The molecule has 3 N–H and O–H groups in total. The summed E-state index contributed by atoms with van der Waals surface area (Å²) in [6.07, 6.45) is -1.98. The first-order valence-electron chi connectivity index (χ1n) is 4.06. The lowest BCUT2D eigenvalue weighted by molar-refractivity contribution is -0.145. The van der Waals surface area contributed by atoms with E-state index in [0.717, 1.165) is 0 Å². The lowest BCUT2D eigenvalue weighted by atomic mass is 10.2. The van der Waals surface area contributed by atoms with Crippen LogP contribution in [-0.2, 0) is 14.3 Å². The zero-order chi connectivity index (χ0) is 13.6. The van der Waals surface area contributed by atoms with Gasteiger partial charge in [-0.15, -0.1) is 0 Å². The number of hydrogen-bond donors (Lipinski definition) is 3. The van der Waals surface area contributed by atoms with Gasteiger partial charge < -0.3 is 20.3 Å². The standard InChI is InChI=1S/C7H8Cl3NO6/c8-7(9,10)2-17-6(16)11-3(5(14)15)1-4(12)13/h3H,1-2H2,(H,11,16)(H,12,13)(H,14,15). The number of amides is 1. The number of halogens is 3. The molecule has 1 amide bonds. The van der Waals surface area contributed by atoms with Crippen molar-refractivity contribution in [1.29, 1.82) is 0 Å². The molecule has 0 heterocycles. The van der Waals surface area contributed by atoms with Crippen molar-refractivity contribution in [1.82, 2.24) is 5.32 Å². The number of ether oxygens (including phenoxy) is 1. The maximum Gasteiger partial charge on any atom is 0.408 e. The molecule has 10 heteroatoms. The van der Waals surface area contributed by atoms with Gasteiger partial charge in [-0.25, -0.2) is 9.59 Å². The normalized spacial score (nSPS) is 12.6. The zero-order valence-corrected chi connectivity index (χ0v) is 10.4. The predicted octanol–water partition coefficient (Wildman–Crippen LogP) is 1.01. The second-order valence-corrected chi connectivity index (χ2v) is 5.34. The van der Waals surface area contributed by atoms with E-state index in [4.69, 9.17) is 45.0 Å². The first-order valence-corrected chi connectivity index (χ1v) is 5.20. The predicted molar refractivity (Wildman–Crippen MR) is 58.5 cm³/mol. The number of hydrogen-bond acceptors (Lipinski definition) is 4. The van der Waals surface area contributed by atoms with Crippen molar-refractivity contribution in [3.8, 4) is 0 Å². The van der Waals surface area contributed by atoms with Gasteiger partial charge >= 0.3 is 18.0 Å². The molecule has 7 nitrogen and oxygen atoms in total. The number of rotatable bonds is 5. The smallest absolute Gasteiger partial charge is 0.408 e. The fourth-order valence-electron chi connectivity index (χ4n) is 0.706. The van der Waals surface area contributed by atoms with E-state index in [9.17, 15) is 14.4 Å². The second-order valence-electron chi connectivity index (χ2n) is 2.82. The summed E-state index contributed by atoms with van der Waals surface area (Å²) in [5.74, 6) is -2.91. The minimum atomic E-state index is -1.83. The summed E-state index contributed by atoms with van der Waals surface area (Å²) in [6.45, 7) is -0.594. The first-order chi connectivity index (χ1) is 7.61. The summed E-state index contributed by atoms with van der Waals surface area (Å²) in [6, 6.07) is -1.62. The molecule has 0 spiro atoms. The van der Waals surface area contributed by atoms with E-state index >= 15 is 0 Å². The third-order valence-electron chi connectivity index (χ3n) is 1.34. The van der Waals surface area contributed by atoms with E-state index in [1.807, 2.05) is 0 Å². The Kier molecular flexibility index (Phi) is 6.36. The zero-order valence-electron chi connectivity index (χ0n) is 8.15. The van der Waals surface area contributed by atoms with Gasteiger partial charge in [0.1, 0.15) is 12.6 Å². The molecule has 0 aromatic carbocycles. The van der Waals surface area contributed by atoms with E-state index in [0.29, 0.717) is 0 Å². The van der Waals surface area contributed by atoms with Crippen LogP contribution in [0.1, 0.15) is 6.42 Å². The Hall–Kier alpha value is -0.920. The first kappa shape index (κ1) is 16.1. The van der Waals surface area contributed by atoms with Gasteiger partial charge in [0.05, 0.1) is 6.42 Å². The van der Waals surface area contributed by atoms with Crippen molar-refractivity contribution in [2.75, 3.05) is 6.61 Å². The van der Waals surface area contributed by atoms with Gasteiger partial charge in [0.2, 0.25) is 3.79 Å². The van der Waals surface area contributed by atoms with E-state index in [1.165, 1.54) is 0 Å².